The molecule has 0 aromatic heterocycles. The maximum Gasteiger partial charge on any atom is 0.333 e. The van der Waals surface area contributed by atoms with E-state index in [0.717, 1.165) is 9.80 Å². The molecule has 0 unspecified atom stereocenters. The molecule has 0 radical (unpaired) electrons. The van der Waals surface area contributed by atoms with Gasteiger partial charge in [0.1, 0.15) is 0 Å². The van der Waals surface area contributed by atoms with Crippen LogP contribution in [0.2, 0.25) is 0 Å². The quantitative estimate of drug-likeness (QED) is 0.500. The second-order valence-electron chi connectivity index (χ2n) is 3.71. The molecule has 4 amide bonds. The van der Waals surface area contributed by atoms with Gasteiger partial charge in [0.15, 0.2) is 0 Å². The normalized spacial score (nSPS) is 17.2. The summed E-state index contributed by atoms with van der Waals surface area (Å²) >= 11 is 0. The Bertz CT molecular complexity index is 301. The highest BCUT2D eigenvalue weighted by Crippen LogP contribution is 2.08. The molecule has 1 N–H and O–H groups in total. The van der Waals surface area contributed by atoms with Gasteiger partial charge in [0.05, 0.1) is 0 Å². The van der Waals surface area contributed by atoms with Crippen LogP contribution < -0.4 is 5.32 Å². The van der Waals surface area contributed by atoms with Gasteiger partial charge in [-0.15, -0.1) is 0 Å². The maximum atomic E-state index is 11.4. The van der Waals surface area contributed by atoms with Crippen molar-refractivity contribution in [3.05, 3.63) is 0 Å². The van der Waals surface area contributed by atoms with Crippen molar-refractivity contribution in [1.82, 2.24) is 15.1 Å². The average Bonchev–Trinajstić information content (AvgIpc) is 2.34. The van der Waals surface area contributed by atoms with Crippen molar-refractivity contribution < 1.29 is 14.4 Å². The number of nitrogens with one attached hydrogen (secondary N) is 1. The van der Waals surface area contributed by atoms with Gasteiger partial charge in [0.25, 0.3) is 0 Å². The summed E-state index contributed by atoms with van der Waals surface area (Å²) in [5.74, 6) is -1.50. The molecule has 1 fully saturated rings. The molecular formula is C9H15N3O3. The van der Waals surface area contributed by atoms with E-state index in [2.05, 4.69) is 5.32 Å². The van der Waals surface area contributed by atoms with Gasteiger partial charge in [0, 0.05) is 26.2 Å². The van der Waals surface area contributed by atoms with Crippen LogP contribution >= 0.6 is 0 Å². The van der Waals surface area contributed by atoms with Crippen LogP contribution in [0.15, 0.2) is 0 Å². The molecule has 0 bridgehead atoms. The Hall–Kier alpha value is -1.43. The lowest BCUT2D eigenvalue weighted by Gasteiger charge is -2.14. The Morgan fingerprint density at radius 1 is 1.20 bits per heavy atom. The van der Waals surface area contributed by atoms with Crippen molar-refractivity contribution in [2.75, 3.05) is 20.1 Å². The number of imide groups is 2. The smallest absolute Gasteiger partial charge is 0.313 e. The number of amides is 4. The summed E-state index contributed by atoms with van der Waals surface area (Å²) in [6.45, 7) is 4.65. The zero-order chi connectivity index (χ0) is 11.6. The van der Waals surface area contributed by atoms with Crippen LogP contribution in [0.25, 0.3) is 0 Å². The minimum absolute atomic E-state index is 0.228. The molecule has 1 aliphatic rings. The highest BCUT2D eigenvalue weighted by molar-refractivity contribution is 6.44. The first-order valence-corrected chi connectivity index (χ1v) is 4.82. The van der Waals surface area contributed by atoms with Crippen LogP contribution in [0, 0.1) is 0 Å². The molecule has 84 valence electrons. The summed E-state index contributed by atoms with van der Waals surface area (Å²) in [6, 6.07) is -0.262. The molecule has 6 nitrogen and oxygen atoms in total. The summed E-state index contributed by atoms with van der Waals surface area (Å²) in [5, 5.41) is 3.07. The molecule has 0 aromatic carbocycles. The van der Waals surface area contributed by atoms with Crippen molar-refractivity contribution in [2.45, 2.75) is 19.9 Å². The van der Waals surface area contributed by atoms with E-state index in [1.165, 1.54) is 7.05 Å². The molecule has 6 heteroatoms. The third-order valence-corrected chi connectivity index (χ3v) is 2.14. The van der Waals surface area contributed by atoms with Gasteiger partial charge in [0.2, 0.25) is 0 Å². The average molecular weight is 213 g/mol. The summed E-state index contributed by atoms with van der Waals surface area (Å²) in [6.07, 6.45) is 0. The Labute approximate surface area is 88.2 Å². The van der Waals surface area contributed by atoms with Crippen LogP contribution in [0.1, 0.15) is 13.8 Å². The molecular weight excluding hydrogens is 198 g/mol. The second kappa shape index (κ2) is 4.39. The van der Waals surface area contributed by atoms with E-state index in [-0.39, 0.29) is 12.6 Å². The van der Waals surface area contributed by atoms with Gasteiger partial charge >= 0.3 is 17.8 Å². The minimum Gasteiger partial charge on any atom is -0.313 e. The second-order valence-corrected chi connectivity index (χ2v) is 3.71. The molecule has 0 aromatic rings. The first-order valence-electron chi connectivity index (χ1n) is 4.82. The van der Waals surface area contributed by atoms with E-state index in [9.17, 15) is 14.4 Å². The molecule has 0 saturated carbocycles. The van der Waals surface area contributed by atoms with Gasteiger partial charge in [-0.1, -0.05) is 13.8 Å². The number of rotatable bonds is 4. The molecule has 1 rings (SSSR count). The molecule has 0 aliphatic carbocycles. The number of likely N-dealkylation sites (N-methyl/N-ethyl adjacent to an activating group) is 1. The van der Waals surface area contributed by atoms with Crippen LogP contribution in [0.3, 0.4) is 0 Å². The van der Waals surface area contributed by atoms with Crippen molar-refractivity contribution in [3.8, 4) is 0 Å². The van der Waals surface area contributed by atoms with E-state index in [4.69, 9.17) is 0 Å². The van der Waals surface area contributed by atoms with Gasteiger partial charge in [-0.3, -0.25) is 19.4 Å². The molecule has 0 spiro atoms. The zero-order valence-electron chi connectivity index (χ0n) is 9.11. The number of hydrogen-bond donors (Lipinski definition) is 1. The Morgan fingerprint density at radius 3 is 2.20 bits per heavy atom. The molecule has 1 saturated heterocycles. The molecule has 1 heterocycles. The topological polar surface area (TPSA) is 69.7 Å². The summed E-state index contributed by atoms with van der Waals surface area (Å²) in [7, 11) is 1.30. The lowest BCUT2D eigenvalue weighted by atomic mass is 10.4. The van der Waals surface area contributed by atoms with Gasteiger partial charge < -0.3 is 5.32 Å². The third-order valence-electron chi connectivity index (χ3n) is 2.14. The minimum atomic E-state index is -0.760. The van der Waals surface area contributed by atoms with E-state index >= 15 is 0 Å². The van der Waals surface area contributed by atoms with Crippen LogP contribution in [-0.4, -0.2) is 53.8 Å². The highest BCUT2D eigenvalue weighted by Gasteiger charge is 2.41. The Morgan fingerprint density at radius 2 is 1.80 bits per heavy atom. The number of nitrogens with zero attached hydrogens (tertiary/aromatic N) is 2. The Balaban J connectivity index is 2.52. The fraction of sp³-hybridized carbons (Fsp3) is 0.667. The summed E-state index contributed by atoms with van der Waals surface area (Å²) < 4.78 is 0. The van der Waals surface area contributed by atoms with Gasteiger partial charge in [-0.05, 0) is 0 Å². The van der Waals surface area contributed by atoms with Crippen molar-refractivity contribution in [1.29, 1.82) is 0 Å². The number of carbonyl (C=O) groups excluding carboxylic acids is 3. The molecule has 0 atom stereocenters. The Kier molecular flexibility index (Phi) is 3.41. The van der Waals surface area contributed by atoms with Gasteiger partial charge in [-0.2, -0.15) is 0 Å². The fourth-order valence-electron chi connectivity index (χ4n) is 1.28. The van der Waals surface area contributed by atoms with Gasteiger partial charge in [-0.25, -0.2) is 4.79 Å². The molecule has 15 heavy (non-hydrogen) atoms. The standard InChI is InChI=1S/C9H15N3O3/c1-6(2)10-4-5-12-8(14)7(13)11(3)9(12)15/h6,10H,4-5H2,1-3H3. The first-order chi connectivity index (χ1) is 6.95. The predicted molar refractivity (Wildman–Crippen MR) is 53.0 cm³/mol. The van der Waals surface area contributed by atoms with E-state index in [1.807, 2.05) is 13.8 Å². The number of carbonyl (C=O) groups is 3. The van der Waals surface area contributed by atoms with E-state index in [1.54, 1.807) is 0 Å². The lowest BCUT2D eigenvalue weighted by molar-refractivity contribution is -0.142. The summed E-state index contributed by atoms with van der Waals surface area (Å²) in [4.78, 5) is 35.6. The lowest BCUT2D eigenvalue weighted by Crippen LogP contribution is -2.38. The van der Waals surface area contributed by atoms with Crippen LogP contribution in [-0.2, 0) is 9.59 Å². The maximum absolute atomic E-state index is 11.4. The highest BCUT2D eigenvalue weighted by atomic mass is 16.2. The van der Waals surface area contributed by atoms with E-state index < -0.39 is 17.8 Å². The summed E-state index contributed by atoms with van der Waals surface area (Å²) in [5.41, 5.74) is 0. The zero-order valence-corrected chi connectivity index (χ0v) is 9.11. The SMILES string of the molecule is CC(C)NCCN1C(=O)C(=O)N(C)C1=O. The number of hydrogen-bond acceptors (Lipinski definition) is 4. The first kappa shape index (κ1) is 11.6. The van der Waals surface area contributed by atoms with Crippen LogP contribution in [0.4, 0.5) is 4.79 Å². The third kappa shape index (κ3) is 2.33. The van der Waals surface area contributed by atoms with E-state index in [0.29, 0.717) is 6.54 Å². The van der Waals surface area contributed by atoms with Crippen molar-refractivity contribution in [2.24, 2.45) is 0 Å². The fourth-order valence-corrected chi connectivity index (χ4v) is 1.28. The van der Waals surface area contributed by atoms with Crippen molar-refractivity contribution >= 4 is 17.8 Å². The van der Waals surface area contributed by atoms with Crippen molar-refractivity contribution in [3.63, 3.8) is 0 Å². The predicted octanol–water partition coefficient (Wildman–Crippen LogP) is -0.595. The number of urea groups is 1. The molecule has 1 aliphatic heterocycles. The monoisotopic (exact) mass is 213 g/mol. The van der Waals surface area contributed by atoms with Crippen LogP contribution in [0.5, 0.6) is 0 Å². The largest absolute Gasteiger partial charge is 0.333 e.